The molecule has 26 heavy (non-hydrogen) atoms. The zero-order valence-corrected chi connectivity index (χ0v) is 14.4. The van der Waals surface area contributed by atoms with Crippen LogP contribution in [0.25, 0.3) is 11.0 Å². The molecule has 138 valence electrons. The zero-order valence-electron chi connectivity index (χ0n) is 13.6. The van der Waals surface area contributed by atoms with Gasteiger partial charge in [-0.1, -0.05) is 18.2 Å². The third kappa shape index (κ3) is 3.54. The molecular weight excluding hydrogens is 369 g/mol. The summed E-state index contributed by atoms with van der Waals surface area (Å²) in [6.45, 7) is 2.00. The van der Waals surface area contributed by atoms with Gasteiger partial charge in [-0.05, 0) is 31.2 Å². The van der Waals surface area contributed by atoms with Gasteiger partial charge in [0.05, 0.1) is 17.0 Å². The van der Waals surface area contributed by atoms with Crippen molar-refractivity contribution < 1.29 is 26.0 Å². The maximum absolute atomic E-state index is 13.2. The van der Waals surface area contributed by atoms with Crippen LogP contribution in [0.2, 0.25) is 0 Å². The summed E-state index contributed by atoms with van der Waals surface area (Å²) < 4.78 is 67.9. The first-order chi connectivity index (χ1) is 12.1. The molecule has 1 aromatic heterocycles. The average Bonchev–Trinajstić information content (AvgIpc) is 2.87. The Morgan fingerprint density at radius 1 is 1.15 bits per heavy atom. The summed E-state index contributed by atoms with van der Waals surface area (Å²) >= 11 is 0. The van der Waals surface area contributed by atoms with Gasteiger partial charge in [-0.3, -0.25) is 0 Å². The number of halogens is 3. The van der Waals surface area contributed by atoms with Crippen LogP contribution in [-0.2, 0) is 22.7 Å². The molecule has 5 nitrogen and oxygen atoms in total. The molecular formula is C17H15F3N2O3S. The maximum atomic E-state index is 13.2. The number of para-hydroxylation sites is 1. The van der Waals surface area contributed by atoms with Crippen LogP contribution in [0.1, 0.15) is 16.9 Å². The molecule has 0 fully saturated rings. The minimum Gasteiger partial charge on any atom is -0.459 e. The number of nitrogens with one attached hydrogen (secondary N) is 1. The summed E-state index contributed by atoms with van der Waals surface area (Å²) in [5.74, 6) is 0.579. The number of hydrogen-bond acceptors (Lipinski definition) is 4. The number of nitrogens with two attached hydrogens (primary N) is 1. The maximum Gasteiger partial charge on any atom is 0.417 e. The summed E-state index contributed by atoms with van der Waals surface area (Å²) in [6.07, 6.45) is -4.85. The van der Waals surface area contributed by atoms with Gasteiger partial charge in [0, 0.05) is 16.6 Å². The SMILES string of the molecule is Cc1c(CNc2ccc(S(N)(=O)=O)c(C(F)(F)F)c2)oc2ccccc12. The molecule has 0 bridgehead atoms. The number of hydrogen-bond donors (Lipinski definition) is 2. The van der Waals surface area contributed by atoms with E-state index in [1.54, 1.807) is 6.07 Å². The number of sulfonamides is 1. The second-order valence-corrected chi connectivity index (χ2v) is 7.28. The second kappa shape index (κ2) is 6.33. The van der Waals surface area contributed by atoms with E-state index < -0.39 is 26.7 Å². The average molecular weight is 384 g/mol. The van der Waals surface area contributed by atoms with Gasteiger partial charge in [0.2, 0.25) is 10.0 Å². The van der Waals surface area contributed by atoms with Gasteiger partial charge in [-0.25, -0.2) is 13.6 Å². The van der Waals surface area contributed by atoms with Crippen molar-refractivity contribution in [3.63, 3.8) is 0 Å². The third-order valence-corrected chi connectivity index (χ3v) is 4.96. The summed E-state index contributed by atoms with van der Waals surface area (Å²) in [5.41, 5.74) is 0.351. The van der Waals surface area contributed by atoms with Gasteiger partial charge in [0.25, 0.3) is 0 Å². The van der Waals surface area contributed by atoms with Gasteiger partial charge in [-0.15, -0.1) is 0 Å². The monoisotopic (exact) mass is 384 g/mol. The minimum absolute atomic E-state index is 0.101. The van der Waals surface area contributed by atoms with Crippen LogP contribution in [0.3, 0.4) is 0 Å². The molecule has 0 saturated heterocycles. The Hall–Kier alpha value is -2.52. The van der Waals surface area contributed by atoms with E-state index in [1.807, 2.05) is 25.1 Å². The smallest absolute Gasteiger partial charge is 0.417 e. The van der Waals surface area contributed by atoms with Gasteiger partial charge in [0.1, 0.15) is 11.3 Å². The van der Waals surface area contributed by atoms with Crippen LogP contribution in [0, 0.1) is 6.92 Å². The Kier molecular flexibility index (Phi) is 4.45. The molecule has 0 saturated carbocycles. The van der Waals surface area contributed by atoms with Crippen molar-refractivity contribution in [1.29, 1.82) is 0 Å². The third-order valence-electron chi connectivity index (χ3n) is 3.99. The molecule has 3 aromatic rings. The van der Waals surface area contributed by atoms with Crippen molar-refractivity contribution in [1.82, 2.24) is 0 Å². The number of aryl methyl sites for hydroxylation is 1. The molecule has 9 heteroatoms. The lowest BCUT2D eigenvalue weighted by atomic mass is 10.1. The van der Waals surface area contributed by atoms with E-state index in [1.165, 1.54) is 6.07 Å². The highest BCUT2D eigenvalue weighted by Crippen LogP contribution is 2.35. The minimum atomic E-state index is -4.85. The molecule has 0 atom stereocenters. The fourth-order valence-electron chi connectivity index (χ4n) is 2.69. The van der Waals surface area contributed by atoms with E-state index in [4.69, 9.17) is 9.56 Å². The first-order valence-corrected chi connectivity index (χ1v) is 9.07. The number of furan rings is 1. The molecule has 0 aliphatic heterocycles. The molecule has 1 heterocycles. The van der Waals surface area contributed by atoms with Gasteiger partial charge in [-0.2, -0.15) is 13.2 Å². The van der Waals surface area contributed by atoms with E-state index in [0.29, 0.717) is 11.3 Å². The fourth-order valence-corrected chi connectivity index (χ4v) is 3.42. The molecule has 0 aliphatic rings. The number of fused-ring (bicyclic) bond motifs is 1. The molecule has 2 aromatic carbocycles. The van der Waals surface area contributed by atoms with Crippen LogP contribution >= 0.6 is 0 Å². The van der Waals surface area contributed by atoms with E-state index in [0.717, 1.165) is 23.1 Å². The standard InChI is InChI=1S/C17H15F3N2O3S/c1-10-12-4-2-3-5-14(12)25-15(10)9-22-11-6-7-16(26(21,23)24)13(8-11)17(18,19)20/h2-8,22H,9H2,1H3,(H2,21,23,24). The highest BCUT2D eigenvalue weighted by Gasteiger charge is 2.36. The van der Waals surface area contributed by atoms with Gasteiger partial charge < -0.3 is 9.73 Å². The van der Waals surface area contributed by atoms with Crippen LogP contribution in [0.5, 0.6) is 0 Å². The Morgan fingerprint density at radius 2 is 1.85 bits per heavy atom. The van der Waals surface area contributed by atoms with Gasteiger partial charge >= 0.3 is 6.18 Å². The van der Waals surface area contributed by atoms with E-state index in [-0.39, 0.29) is 12.2 Å². The first kappa shape index (κ1) is 18.3. The summed E-state index contributed by atoms with van der Waals surface area (Å²) in [6, 6.07) is 10.2. The number of benzene rings is 2. The molecule has 0 radical (unpaired) electrons. The lowest BCUT2D eigenvalue weighted by molar-refractivity contribution is -0.139. The van der Waals surface area contributed by atoms with E-state index >= 15 is 0 Å². The Bertz CT molecular complexity index is 1070. The Balaban J connectivity index is 1.91. The van der Waals surface area contributed by atoms with Gasteiger partial charge in [0.15, 0.2) is 0 Å². The molecule has 0 spiro atoms. The van der Waals surface area contributed by atoms with Crippen LogP contribution in [-0.4, -0.2) is 8.42 Å². The molecule has 0 amide bonds. The normalized spacial score (nSPS) is 12.5. The highest BCUT2D eigenvalue weighted by molar-refractivity contribution is 7.89. The van der Waals surface area contributed by atoms with Crippen molar-refractivity contribution in [3.8, 4) is 0 Å². The topological polar surface area (TPSA) is 85.3 Å². The number of alkyl halides is 3. The van der Waals surface area contributed by atoms with Crippen molar-refractivity contribution >= 4 is 26.7 Å². The lowest BCUT2D eigenvalue weighted by Gasteiger charge is -2.14. The number of rotatable bonds is 4. The molecule has 3 rings (SSSR count). The van der Waals surface area contributed by atoms with E-state index in [9.17, 15) is 21.6 Å². The Morgan fingerprint density at radius 3 is 2.46 bits per heavy atom. The molecule has 0 aliphatic carbocycles. The Labute approximate surface area is 147 Å². The summed E-state index contributed by atoms with van der Waals surface area (Å²) in [4.78, 5) is -0.963. The summed E-state index contributed by atoms with van der Waals surface area (Å²) in [7, 11) is -4.49. The van der Waals surface area contributed by atoms with Crippen molar-refractivity contribution in [2.75, 3.05) is 5.32 Å². The molecule has 0 unspecified atom stereocenters. The second-order valence-electron chi connectivity index (χ2n) is 5.75. The highest BCUT2D eigenvalue weighted by atomic mass is 32.2. The fraction of sp³-hybridized carbons (Fsp3) is 0.176. The first-order valence-electron chi connectivity index (χ1n) is 7.52. The number of primary sulfonamides is 1. The van der Waals surface area contributed by atoms with Crippen molar-refractivity contribution in [2.24, 2.45) is 5.14 Å². The predicted octanol–water partition coefficient (Wildman–Crippen LogP) is 4.02. The van der Waals surface area contributed by atoms with Crippen molar-refractivity contribution in [3.05, 3.63) is 59.4 Å². The zero-order chi connectivity index (χ0) is 19.1. The number of anilines is 1. The quantitative estimate of drug-likeness (QED) is 0.711. The molecule has 3 N–H and O–H groups in total. The summed E-state index contributed by atoms with van der Waals surface area (Å²) in [5, 5.41) is 8.61. The van der Waals surface area contributed by atoms with E-state index in [2.05, 4.69) is 5.32 Å². The van der Waals surface area contributed by atoms with Crippen LogP contribution in [0.4, 0.5) is 18.9 Å². The lowest BCUT2D eigenvalue weighted by Crippen LogP contribution is -2.19. The van der Waals surface area contributed by atoms with Crippen LogP contribution in [0.15, 0.2) is 51.8 Å². The largest absolute Gasteiger partial charge is 0.459 e. The predicted molar refractivity (Wildman–Crippen MR) is 91.1 cm³/mol. The van der Waals surface area contributed by atoms with Crippen LogP contribution < -0.4 is 10.5 Å². The van der Waals surface area contributed by atoms with Crippen molar-refractivity contribution in [2.45, 2.75) is 24.5 Å².